The van der Waals surface area contributed by atoms with Crippen molar-refractivity contribution >= 4 is 16.8 Å². The summed E-state index contributed by atoms with van der Waals surface area (Å²) >= 11 is 0. The van der Waals surface area contributed by atoms with Crippen LogP contribution in [0.5, 0.6) is 0 Å². The molecule has 1 heterocycles. The number of rotatable bonds is 3. The van der Waals surface area contributed by atoms with Gasteiger partial charge in [-0.3, -0.25) is 9.78 Å². The minimum atomic E-state index is 0.0692. The maximum absolute atomic E-state index is 12.4. The average Bonchev–Trinajstić information content (AvgIpc) is 3.39. The summed E-state index contributed by atoms with van der Waals surface area (Å²) in [7, 11) is 0. The van der Waals surface area contributed by atoms with Gasteiger partial charge >= 0.3 is 0 Å². The highest BCUT2D eigenvalue weighted by molar-refractivity contribution is 5.94. The lowest BCUT2D eigenvalue weighted by Crippen LogP contribution is -2.31. The van der Waals surface area contributed by atoms with Gasteiger partial charge in [-0.15, -0.1) is 0 Å². The van der Waals surface area contributed by atoms with Crippen molar-refractivity contribution < 1.29 is 4.79 Å². The van der Waals surface area contributed by atoms with Gasteiger partial charge < -0.3 is 5.32 Å². The summed E-state index contributed by atoms with van der Waals surface area (Å²) in [5, 5.41) is 4.56. The van der Waals surface area contributed by atoms with Crippen LogP contribution in [0, 0.1) is 5.41 Å². The Labute approximate surface area is 159 Å². The first kappa shape index (κ1) is 16.5. The molecule has 1 atom stereocenters. The van der Waals surface area contributed by atoms with Crippen LogP contribution >= 0.6 is 0 Å². The molecular weight excluding hydrogens is 332 g/mol. The SMILES string of the molecule is O=C(NC1CC12CCC(c1ccnc3ccccc13)CC2)c1ccccc1. The molecule has 2 saturated carbocycles. The lowest BCUT2D eigenvalue weighted by atomic mass is 9.76. The maximum atomic E-state index is 12.4. The van der Waals surface area contributed by atoms with Crippen molar-refractivity contribution in [1.29, 1.82) is 0 Å². The van der Waals surface area contributed by atoms with Crippen LogP contribution in [-0.4, -0.2) is 16.9 Å². The molecule has 136 valence electrons. The second-order valence-corrected chi connectivity index (χ2v) is 8.15. The molecule has 3 nitrogen and oxygen atoms in total. The normalized spacial score (nSPS) is 26.8. The number of amides is 1. The summed E-state index contributed by atoms with van der Waals surface area (Å²) in [6.45, 7) is 0. The van der Waals surface area contributed by atoms with E-state index >= 15 is 0 Å². The minimum Gasteiger partial charge on any atom is -0.349 e. The van der Waals surface area contributed by atoms with Gasteiger partial charge in [0.05, 0.1) is 5.52 Å². The Hall–Kier alpha value is -2.68. The largest absolute Gasteiger partial charge is 0.349 e. The highest BCUT2D eigenvalue weighted by Gasteiger charge is 2.55. The van der Waals surface area contributed by atoms with E-state index in [0.29, 0.717) is 17.4 Å². The van der Waals surface area contributed by atoms with Crippen LogP contribution in [0.2, 0.25) is 0 Å². The Kier molecular flexibility index (Phi) is 3.96. The van der Waals surface area contributed by atoms with Gasteiger partial charge in [0.1, 0.15) is 0 Å². The molecule has 3 aromatic rings. The molecule has 2 fully saturated rings. The predicted molar refractivity (Wildman–Crippen MR) is 108 cm³/mol. The predicted octanol–water partition coefficient (Wildman–Crippen LogP) is 5.08. The number of hydrogen-bond donors (Lipinski definition) is 1. The quantitative estimate of drug-likeness (QED) is 0.711. The van der Waals surface area contributed by atoms with Crippen molar-refractivity contribution in [2.45, 2.75) is 44.1 Å². The third-order valence-corrected chi connectivity index (χ3v) is 6.64. The summed E-state index contributed by atoms with van der Waals surface area (Å²) in [6, 6.07) is 20.6. The zero-order chi connectivity index (χ0) is 18.3. The number of hydrogen-bond acceptors (Lipinski definition) is 2. The zero-order valence-corrected chi connectivity index (χ0v) is 15.4. The molecule has 0 saturated heterocycles. The van der Waals surface area contributed by atoms with Crippen molar-refractivity contribution in [3.8, 4) is 0 Å². The van der Waals surface area contributed by atoms with Crippen LogP contribution < -0.4 is 5.32 Å². The van der Waals surface area contributed by atoms with E-state index < -0.39 is 0 Å². The molecule has 0 bridgehead atoms. The summed E-state index contributed by atoms with van der Waals surface area (Å²) in [4.78, 5) is 16.9. The number of aromatic nitrogens is 1. The minimum absolute atomic E-state index is 0.0692. The molecule has 1 aromatic heterocycles. The van der Waals surface area contributed by atoms with Crippen LogP contribution in [0.15, 0.2) is 66.9 Å². The number of pyridine rings is 1. The van der Waals surface area contributed by atoms with Gasteiger partial charge in [-0.25, -0.2) is 0 Å². The fraction of sp³-hybridized carbons (Fsp3) is 0.333. The van der Waals surface area contributed by atoms with Gasteiger partial charge in [-0.05, 0) is 73.3 Å². The van der Waals surface area contributed by atoms with E-state index in [1.54, 1.807) is 0 Å². The highest BCUT2D eigenvalue weighted by atomic mass is 16.1. The van der Waals surface area contributed by atoms with Gasteiger partial charge in [0.2, 0.25) is 0 Å². The summed E-state index contributed by atoms with van der Waals surface area (Å²) < 4.78 is 0. The Morgan fingerprint density at radius 3 is 2.52 bits per heavy atom. The molecule has 1 spiro atoms. The first-order valence-corrected chi connectivity index (χ1v) is 9.95. The monoisotopic (exact) mass is 356 g/mol. The molecule has 2 aromatic carbocycles. The van der Waals surface area contributed by atoms with E-state index in [2.05, 4.69) is 40.6 Å². The molecule has 3 heteroatoms. The summed E-state index contributed by atoms with van der Waals surface area (Å²) in [6.07, 6.45) is 7.89. The van der Waals surface area contributed by atoms with Crippen LogP contribution in [0.25, 0.3) is 10.9 Å². The van der Waals surface area contributed by atoms with E-state index in [9.17, 15) is 4.79 Å². The molecule has 0 aliphatic heterocycles. The molecular formula is C24H24N2O. The number of para-hydroxylation sites is 1. The van der Waals surface area contributed by atoms with Crippen molar-refractivity contribution in [1.82, 2.24) is 10.3 Å². The van der Waals surface area contributed by atoms with E-state index in [1.807, 2.05) is 36.5 Å². The van der Waals surface area contributed by atoms with Gasteiger partial charge in [0, 0.05) is 23.2 Å². The van der Waals surface area contributed by atoms with E-state index in [4.69, 9.17) is 0 Å². The Morgan fingerprint density at radius 1 is 0.963 bits per heavy atom. The summed E-state index contributed by atoms with van der Waals surface area (Å²) in [5.41, 5.74) is 3.64. The van der Waals surface area contributed by atoms with Crippen LogP contribution in [-0.2, 0) is 0 Å². The average molecular weight is 356 g/mol. The molecule has 1 unspecified atom stereocenters. The molecule has 2 aliphatic rings. The van der Waals surface area contributed by atoms with Crippen molar-refractivity contribution in [3.05, 3.63) is 78.0 Å². The van der Waals surface area contributed by atoms with Gasteiger partial charge in [0.25, 0.3) is 5.91 Å². The fourth-order valence-corrected chi connectivity index (χ4v) is 4.91. The Morgan fingerprint density at radius 2 is 1.70 bits per heavy atom. The number of carbonyl (C=O) groups is 1. The summed E-state index contributed by atoms with van der Waals surface area (Å²) in [5.74, 6) is 0.675. The molecule has 2 aliphatic carbocycles. The number of carbonyl (C=O) groups excluding carboxylic acids is 1. The number of nitrogens with one attached hydrogen (secondary N) is 1. The third kappa shape index (κ3) is 3.01. The lowest BCUT2D eigenvalue weighted by Gasteiger charge is -2.30. The molecule has 1 N–H and O–H groups in total. The smallest absolute Gasteiger partial charge is 0.251 e. The van der Waals surface area contributed by atoms with Crippen molar-refractivity contribution in [2.24, 2.45) is 5.41 Å². The topological polar surface area (TPSA) is 42.0 Å². The second-order valence-electron chi connectivity index (χ2n) is 8.15. The number of fused-ring (bicyclic) bond motifs is 1. The second kappa shape index (κ2) is 6.49. The molecule has 5 rings (SSSR count). The van der Waals surface area contributed by atoms with Crippen molar-refractivity contribution in [3.63, 3.8) is 0 Å². The highest BCUT2D eigenvalue weighted by Crippen LogP contribution is 2.59. The third-order valence-electron chi connectivity index (χ3n) is 6.64. The van der Waals surface area contributed by atoms with Crippen LogP contribution in [0.1, 0.15) is 53.9 Å². The van der Waals surface area contributed by atoms with Gasteiger partial charge in [-0.1, -0.05) is 36.4 Å². The van der Waals surface area contributed by atoms with Crippen LogP contribution in [0.4, 0.5) is 0 Å². The Bertz CT molecular complexity index is 969. The van der Waals surface area contributed by atoms with E-state index in [0.717, 1.165) is 17.5 Å². The molecule has 0 radical (unpaired) electrons. The number of benzene rings is 2. The van der Waals surface area contributed by atoms with Gasteiger partial charge in [0.15, 0.2) is 0 Å². The Balaban J connectivity index is 1.25. The molecule has 27 heavy (non-hydrogen) atoms. The van der Waals surface area contributed by atoms with E-state index in [-0.39, 0.29) is 5.91 Å². The standard InChI is InChI=1S/C24H24N2O/c27-23(18-6-2-1-3-7-18)26-22-16-24(22)13-10-17(11-14-24)19-12-15-25-21-9-5-4-8-20(19)21/h1-9,12,15,17,22H,10-11,13-14,16H2,(H,26,27). The first-order chi connectivity index (χ1) is 13.3. The van der Waals surface area contributed by atoms with Gasteiger partial charge in [-0.2, -0.15) is 0 Å². The fourth-order valence-electron chi connectivity index (χ4n) is 4.91. The lowest BCUT2D eigenvalue weighted by molar-refractivity contribution is 0.0941. The van der Waals surface area contributed by atoms with E-state index in [1.165, 1.54) is 36.6 Å². The number of nitrogens with zero attached hydrogens (tertiary/aromatic N) is 1. The maximum Gasteiger partial charge on any atom is 0.251 e. The molecule has 1 amide bonds. The van der Waals surface area contributed by atoms with Crippen LogP contribution in [0.3, 0.4) is 0 Å². The van der Waals surface area contributed by atoms with Crippen molar-refractivity contribution in [2.75, 3.05) is 0 Å². The zero-order valence-electron chi connectivity index (χ0n) is 15.4. The first-order valence-electron chi connectivity index (χ1n) is 9.95.